The lowest BCUT2D eigenvalue weighted by atomic mass is 10.1. The van der Waals surface area contributed by atoms with Crippen molar-refractivity contribution < 1.29 is 22.7 Å². The van der Waals surface area contributed by atoms with Gasteiger partial charge in [-0.25, -0.2) is 14.4 Å². The molecule has 34 heavy (non-hydrogen) atoms. The number of halogens is 4. The maximum absolute atomic E-state index is 13.4. The summed E-state index contributed by atoms with van der Waals surface area (Å²) in [6.07, 6.45) is 4.14. The van der Waals surface area contributed by atoms with Gasteiger partial charge >= 0.3 is 6.61 Å². The number of nitrogens with one attached hydrogen (secondary N) is 2. The summed E-state index contributed by atoms with van der Waals surface area (Å²) in [6.45, 7) is 1.42. The first-order valence-corrected chi connectivity index (χ1v) is 10.7. The van der Waals surface area contributed by atoms with Crippen molar-refractivity contribution in [1.29, 1.82) is 0 Å². The number of likely N-dealkylation sites (N-methyl/N-ethyl adjacent to an activating group) is 1. The molecule has 2 N–H and O–H groups in total. The molecule has 11 heteroatoms. The molecule has 0 aliphatic carbocycles. The fourth-order valence-electron chi connectivity index (χ4n) is 2.73. The molecule has 0 saturated carbocycles. The number of aromatic nitrogens is 2. The molecule has 0 aliphatic rings. The summed E-state index contributed by atoms with van der Waals surface area (Å²) in [4.78, 5) is 22.3. The van der Waals surface area contributed by atoms with E-state index in [2.05, 4.69) is 25.3 Å². The molecule has 7 nitrogen and oxygen atoms in total. The number of hydrogen-bond donors (Lipinski definition) is 2. The van der Waals surface area contributed by atoms with Crippen LogP contribution in [0.25, 0.3) is 10.9 Å². The number of hydrogen-bond acceptors (Lipinski definition) is 6. The molecule has 3 rings (SSSR count). The topological polar surface area (TPSA) is 79.4 Å². The van der Waals surface area contributed by atoms with Crippen molar-refractivity contribution in [3.8, 4) is 5.75 Å². The average molecular weight is 496 g/mol. The Bertz CT molecular complexity index is 1160. The van der Waals surface area contributed by atoms with E-state index in [-0.39, 0.29) is 22.0 Å². The molecule has 0 unspecified atom stereocenters. The highest BCUT2D eigenvalue weighted by Crippen LogP contribution is 2.34. The van der Waals surface area contributed by atoms with E-state index in [4.69, 9.17) is 11.6 Å². The largest absolute Gasteiger partial charge is 0.433 e. The number of carbonyl (C=O) groups is 1. The number of rotatable bonds is 8. The number of nitrogens with zero attached hydrogens (tertiary/aromatic N) is 3. The van der Waals surface area contributed by atoms with Crippen molar-refractivity contribution in [2.24, 2.45) is 0 Å². The summed E-state index contributed by atoms with van der Waals surface area (Å²) >= 11 is 5.82. The zero-order valence-corrected chi connectivity index (χ0v) is 19.8. The van der Waals surface area contributed by atoms with Crippen LogP contribution < -0.4 is 15.4 Å². The molecule has 0 radical (unpaired) electrons. The minimum Gasteiger partial charge on any atom is -0.433 e. The first-order valence-electron chi connectivity index (χ1n) is 10.3. The van der Waals surface area contributed by atoms with E-state index < -0.39 is 18.3 Å². The highest BCUT2D eigenvalue weighted by Gasteiger charge is 2.16. The van der Waals surface area contributed by atoms with Crippen LogP contribution in [0.3, 0.4) is 0 Å². The first kappa shape index (κ1) is 26.9. The highest BCUT2D eigenvalue weighted by molar-refractivity contribution is 6.31. The van der Waals surface area contributed by atoms with Gasteiger partial charge in [-0.1, -0.05) is 31.5 Å². The first-order chi connectivity index (χ1) is 16.2. The Balaban J connectivity index is 0.00000199. The summed E-state index contributed by atoms with van der Waals surface area (Å²) in [7, 11) is 3.67. The van der Waals surface area contributed by atoms with Crippen LogP contribution in [0.1, 0.15) is 13.8 Å². The lowest BCUT2D eigenvalue weighted by Crippen LogP contribution is -2.14. The minimum absolute atomic E-state index is 0.00675. The fraction of sp³-hybridized carbons (Fsp3) is 0.261. The lowest BCUT2D eigenvalue weighted by Gasteiger charge is -2.14. The molecule has 0 aliphatic heterocycles. The van der Waals surface area contributed by atoms with Crippen molar-refractivity contribution in [2.75, 3.05) is 31.3 Å². The molecule has 182 valence electrons. The van der Waals surface area contributed by atoms with Crippen molar-refractivity contribution in [3.05, 3.63) is 59.7 Å². The Kier molecular flexibility index (Phi) is 10.1. The van der Waals surface area contributed by atoms with Crippen LogP contribution in [0.5, 0.6) is 5.75 Å². The molecular weight excluding hydrogens is 471 g/mol. The Labute approximate surface area is 200 Å². The summed E-state index contributed by atoms with van der Waals surface area (Å²) in [5.74, 6) is -1.07. The Morgan fingerprint density at radius 1 is 1.21 bits per heavy atom. The van der Waals surface area contributed by atoms with Gasteiger partial charge in [-0.3, -0.25) is 4.79 Å². The minimum atomic E-state index is -3.10. The SMILES string of the molecule is CC.CN(C)C/C=C/C(=O)Nc1cc2c(Nc3ccc(F)c(Cl)c3)ncnc2cc1OC(F)F. The van der Waals surface area contributed by atoms with Gasteiger partial charge in [0, 0.05) is 29.8 Å². The summed E-state index contributed by atoms with van der Waals surface area (Å²) in [5, 5.41) is 5.83. The van der Waals surface area contributed by atoms with E-state index in [1.54, 1.807) is 6.08 Å². The summed E-state index contributed by atoms with van der Waals surface area (Å²) in [5.41, 5.74) is 0.737. The van der Waals surface area contributed by atoms with E-state index in [1.807, 2.05) is 32.8 Å². The van der Waals surface area contributed by atoms with Gasteiger partial charge in [0.2, 0.25) is 5.91 Å². The summed E-state index contributed by atoms with van der Waals surface area (Å²) < 4.78 is 43.8. The molecule has 0 bridgehead atoms. The van der Waals surface area contributed by atoms with Gasteiger partial charge in [0.1, 0.15) is 18.0 Å². The maximum Gasteiger partial charge on any atom is 0.387 e. The van der Waals surface area contributed by atoms with E-state index in [0.29, 0.717) is 23.4 Å². The lowest BCUT2D eigenvalue weighted by molar-refractivity contribution is -0.112. The van der Waals surface area contributed by atoms with Gasteiger partial charge < -0.3 is 20.3 Å². The van der Waals surface area contributed by atoms with Crippen LogP contribution in [0.15, 0.2) is 48.8 Å². The molecule has 0 fully saturated rings. The quantitative estimate of drug-likeness (QED) is 0.382. The van der Waals surface area contributed by atoms with Crippen molar-refractivity contribution in [2.45, 2.75) is 20.5 Å². The molecule has 0 saturated heterocycles. The number of carbonyl (C=O) groups excluding carboxylic acids is 1. The molecule has 2 aromatic carbocycles. The predicted molar refractivity (Wildman–Crippen MR) is 129 cm³/mol. The van der Waals surface area contributed by atoms with Crippen molar-refractivity contribution in [1.82, 2.24) is 14.9 Å². The Morgan fingerprint density at radius 3 is 2.59 bits per heavy atom. The second-order valence-corrected chi connectivity index (χ2v) is 7.28. The second kappa shape index (κ2) is 12.8. The zero-order valence-electron chi connectivity index (χ0n) is 19.1. The third-order valence-electron chi connectivity index (χ3n) is 4.13. The van der Waals surface area contributed by atoms with Crippen LogP contribution in [-0.2, 0) is 4.79 Å². The van der Waals surface area contributed by atoms with E-state index in [1.165, 1.54) is 42.7 Å². The number of ether oxygens (including phenoxy) is 1. The van der Waals surface area contributed by atoms with Gasteiger partial charge in [-0.2, -0.15) is 8.78 Å². The highest BCUT2D eigenvalue weighted by atomic mass is 35.5. The monoisotopic (exact) mass is 495 g/mol. The average Bonchev–Trinajstić information content (AvgIpc) is 2.78. The number of anilines is 3. The van der Waals surface area contributed by atoms with Crippen LogP contribution in [0.2, 0.25) is 5.02 Å². The van der Waals surface area contributed by atoms with Crippen molar-refractivity contribution >= 4 is 45.6 Å². The Hall–Kier alpha value is -3.37. The Morgan fingerprint density at radius 2 is 1.94 bits per heavy atom. The van der Waals surface area contributed by atoms with E-state index in [0.717, 1.165) is 0 Å². The molecule has 0 spiro atoms. The standard InChI is InChI=1S/C21H19ClF3N5O2.C2H6/c1-30(2)7-3-4-19(31)29-17-9-13-16(10-18(17)32-21(24)25)26-11-27-20(13)28-12-5-6-15(23)14(22)8-12;1-2/h3-6,8-11,21H,7H2,1-2H3,(H,29,31)(H,26,27,28);1-2H3/b4-3+;. The van der Waals surface area contributed by atoms with Gasteiger partial charge in [-0.05, 0) is 38.4 Å². The van der Waals surface area contributed by atoms with E-state index >= 15 is 0 Å². The third-order valence-corrected chi connectivity index (χ3v) is 4.42. The molecule has 1 heterocycles. The normalized spacial score (nSPS) is 11.0. The van der Waals surface area contributed by atoms with Crippen LogP contribution in [-0.4, -0.2) is 48.0 Å². The summed E-state index contributed by atoms with van der Waals surface area (Å²) in [6, 6.07) is 6.71. The molecule has 0 atom stereocenters. The van der Waals surface area contributed by atoms with Gasteiger partial charge in [0.25, 0.3) is 0 Å². The molecule has 1 amide bonds. The fourth-order valence-corrected chi connectivity index (χ4v) is 2.91. The van der Waals surface area contributed by atoms with Crippen molar-refractivity contribution in [3.63, 3.8) is 0 Å². The number of fused-ring (bicyclic) bond motifs is 1. The van der Waals surface area contributed by atoms with Crippen LogP contribution >= 0.6 is 11.6 Å². The predicted octanol–water partition coefficient (Wildman–Crippen LogP) is 5.85. The zero-order chi connectivity index (χ0) is 25.3. The third kappa shape index (κ3) is 7.60. The smallest absolute Gasteiger partial charge is 0.387 e. The number of alkyl halides is 2. The van der Waals surface area contributed by atoms with Gasteiger partial charge in [0.05, 0.1) is 16.2 Å². The van der Waals surface area contributed by atoms with Gasteiger partial charge in [-0.15, -0.1) is 0 Å². The molecular formula is C23H25ClF3N5O2. The number of amides is 1. The second-order valence-electron chi connectivity index (χ2n) is 6.87. The van der Waals surface area contributed by atoms with E-state index in [9.17, 15) is 18.0 Å². The molecule has 1 aromatic heterocycles. The molecule has 3 aromatic rings. The maximum atomic E-state index is 13.4. The number of benzene rings is 2. The van der Waals surface area contributed by atoms with Crippen LogP contribution in [0.4, 0.5) is 30.4 Å². The van der Waals surface area contributed by atoms with Crippen LogP contribution in [0, 0.1) is 5.82 Å². The van der Waals surface area contributed by atoms with Gasteiger partial charge in [0.15, 0.2) is 5.75 Å².